The van der Waals surface area contributed by atoms with Crippen LogP contribution in [0, 0.1) is 5.82 Å². The van der Waals surface area contributed by atoms with Crippen molar-refractivity contribution in [3.8, 4) is 11.4 Å². The van der Waals surface area contributed by atoms with E-state index in [0.717, 1.165) is 11.3 Å². The third-order valence-electron chi connectivity index (χ3n) is 3.96. The monoisotopic (exact) mass is 353 g/mol. The topological polar surface area (TPSA) is 56.1 Å². The summed E-state index contributed by atoms with van der Waals surface area (Å²) in [5.74, 6) is -0.0671. The second-order valence-corrected chi connectivity index (χ2v) is 5.82. The fourth-order valence-corrected chi connectivity index (χ4v) is 2.50. The Kier molecular flexibility index (Phi) is 5.63. The van der Waals surface area contributed by atoms with Crippen LogP contribution in [0.15, 0.2) is 67.3 Å². The Hall–Kier alpha value is -3.15. The SMILES string of the molecule is CC[C@H](Oc1ccc(F)cc1)C(=O)NCc1ccc(-n2ccnc2)cc1. The molecule has 134 valence electrons. The number of nitrogens with zero attached hydrogens (tertiary/aromatic N) is 2. The zero-order chi connectivity index (χ0) is 18.4. The lowest BCUT2D eigenvalue weighted by Gasteiger charge is -2.17. The van der Waals surface area contributed by atoms with E-state index in [0.29, 0.717) is 18.7 Å². The molecule has 1 aromatic heterocycles. The highest BCUT2D eigenvalue weighted by Crippen LogP contribution is 2.15. The van der Waals surface area contributed by atoms with E-state index in [2.05, 4.69) is 10.3 Å². The van der Waals surface area contributed by atoms with Gasteiger partial charge >= 0.3 is 0 Å². The second kappa shape index (κ2) is 8.29. The van der Waals surface area contributed by atoms with Crippen molar-refractivity contribution in [2.24, 2.45) is 0 Å². The first-order chi connectivity index (χ1) is 12.7. The molecule has 1 atom stereocenters. The average Bonchev–Trinajstić information content (AvgIpc) is 3.21. The molecule has 2 aromatic carbocycles. The van der Waals surface area contributed by atoms with E-state index in [1.807, 2.05) is 42.0 Å². The van der Waals surface area contributed by atoms with Crippen molar-refractivity contribution in [1.82, 2.24) is 14.9 Å². The predicted molar refractivity (Wildman–Crippen MR) is 96.5 cm³/mol. The molecule has 6 heteroatoms. The molecule has 0 unspecified atom stereocenters. The molecule has 0 bridgehead atoms. The van der Waals surface area contributed by atoms with Crippen molar-refractivity contribution in [1.29, 1.82) is 0 Å². The lowest BCUT2D eigenvalue weighted by Crippen LogP contribution is -2.37. The van der Waals surface area contributed by atoms with E-state index < -0.39 is 6.10 Å². The van der Waals surface area contributed by atoms with Gasteiger partial charge in [-0.2, -0.15) is 0 Å². The van der Waals surface area contributed by atoms with Gasteiger partial charge in [-0.3, -0.25) is 4.79 Å². The Bertz CT molecular complexity index is 831. The lowest BCUT2D eigenvalue weighted by molar-refractivity contribution is -0.128. The molecule has 0 aliphatic rings. The second-order valence-electron chi connectivity index (χ2n) is 5.82. The van der Waals surface area contributed by atoms with Gasteiger partial charge in [0.05, 0.1) is 6.33 Å². The van der Waals surface area contributed by atoms with Crippen molar-refractivity contribution >= 4 is 5.91 Å². The fraction of sp³-hybridized carbons (Fsp3) is 0.200. The van der Waals surface area contributed by atoms with Crippen LogP contribution in [-0.4, -0.2) is 21.6 Å². The van der Waals surface area contributed by atoms with Crippen molar-refractivity contribution in [3.05, 3.63) is 78.6 Å². The van der Waals surface area contributed by atoms with Gasteiger partial charge in [0.15, 0.2) is 6.10 Å². The Balaban J connectivity index is 1.55. The fourth-order valence-electron chi connectivity index (χ4n) is 2.50. The van der Waals surface area contributed by atoms with Crippen LogP contribution in [0.4, 0.5) is 4.39 Å². The van der Waals surface area contributed by atoms with Crippen LogP contribution in [0.25, 0.3) is 5.69 Å². The summed E-state index contributed by atoms with van der Waals surface area (Å²) < 4.78 is 20.5. The van der Waals surface area contributed by atoms with Crippen molar-refractivity contribution in [2.45, 2.75) is 26.0 Å². The van der Waals surface area contributed by atoms with E-state index in [-0.39, 0.29) is 11.7 Å². The zero-order valence-corrected chi connectivity index (χ0v) is 14.4. The van der Waals surface area contributed by atoms with Crippen LogP contribution in [-0.2, 0) is 11.3 Å². The minimum Gasteiger partial charge on any atom is -0.481 e. The molecule has 3 rings (SSSR count). The molecular formula is C20H20FN3O2. The van der Waals surface area contributed by atoms with E-state index >= 15 is 0 Å². The number of benzene rings is 2. The van der Waals surface area contributed by atoms with E-state index in [4.69, 9.17) is 4.74 Å². The van der Waals surface area contributed by atoms with Gasteiger partial charge in [0.25, 0.3) is 5.91 Å². The number of imidazole rings is 1. The van der Waals surface area contributed by atoms with Crippen LogP contribution in [0.5, 0.6) is 5.75 Å². The highest BCUT2D eigenvalue weighted by molar-refractivity contribution is 5.81. The molecule has 0 fully saturated rings. The third-order valence-corrected chi connectivity index (χ3v) is 3.96. The lowest BCUT2D eigenvalue weighted by atomic mass is 10.2. The smallest absolute Gasteiger partial charge is 0.261 e. The van der Waals surface area contributed by atoms with E-state index in [9.17, 15) is 9.18 Å². The summed E-state index contributed by atoms with van der Waals surface area (Å²) >= 11 is 0. The van der Waals surface area contributed by atoms with Crippen molar-refractivity contribution in [2.75, 3.05) is 0 Å². The van der Waals surface area contributed by atoms with Gasteiger partial charge in [0.2, 0.25) is 0 Å². The largest absolute Gasteiger partial charge is 0.481 e. The van der Waals surface area contributed by atoms with Gasteiger partial charge < -0.3 is 14.6 Å². The maximum atomic E-state index is 13.0. The number of hydrogen-bond acceptors (Lipinski definition) is 3. The van der Waals surface area contributed by atoms with Crippen molar-refractivity contribution < 1.29 is 13.9 Å². The number of halogens is 1. The molecule has 3 aromatic rings. The third kappa shape index (κ3) is 4.47. The summed E-state index contributed by atoms with van der Waals surface area (Å²) in [6, 6.07) is 13.5. The predicted octanol–water partition coefficient (Wildman–Crippen LogP) is 3.49. The van der Waals surface area contributed by atoms with Crippen molar-refractivity contribution in [3.63, 3.8) is 0 Å². The quantitative estimate of drug-likeness (QED) is 0.707. The molecule has 1 heterocycles. The molecule has 26 heavy (non-hydrogen) atoms. The van der Waals surface area contributed by atoms with Gasteiger partial charge in [-0.05, 0) is 48.4 Å². The zero-order valence-electron chi connectivity index (χ0n) is 14.4. The molecule has 0 aliphatic carbocycles. The Morgan fingerprint density at radius 2 is 1.92 bits per heavy atom. The highest BCUT2D eigenvalue weighted by Gasteiger charge is 2.18. The summed E-state index contributed by atoms with van der Waals surface area (Å²) in [5, 5.41) is 2.88. The Morgan fingerprint density at radius 1 is 1.19 bits per heavy atom. The highest BCUT2D eigenvalue weighted by atomic mass is 19.1. The summed E-state index contributed by atoms with van der Waals surface area (Å²) in [7, 11) is 0. The van der Waals surface area contributed by atoms with Crippen LogP contribution >= 0.6 is 0 Å². The van der Waals surface area contributed by atoms with Crippen LogP contribution in [0.1, 0.15) is 18.9 Å². The number of amides is 1. The summed E-state index contributed by atoms with van der Waals surface area (Å²) in [4.78, 5) is 16.4. The van der Waals surface area contributed by atoms with Crippen LogP contribution in [0.2, 0.25) is 0 Å². The summed E-state index contributed by atoms with van der Waals surface area (Å²) in [6.45, 7) is 2.28. The van der Waals surface area contributed by atoms with Gasteiger partial charge in [0.1, 0.15) is 11.6 Å². The summed E-state index contributed by atoms with van der Waals surface area (Å²) in [5.41, 5.74) is 1.99. The van der Waals surface area contributed by atoms with Crippen LogP contribution in [0.3, 0.4) is 0 Å². The number of hydrogen-bond donors (Lipinski definition) is 1. The maximum Gasteiger partial charge on any atom is 0.261 e. The first-order valence-electron chi connectivity index (χ1n) is 8.43. The van der Waals surface area contributed by atoms with Gasteiger partial charge in [-0.1, -0.05) is 19.1 Å². The van der Waals surface area contributed by atoms with Gasteiger partial charge in [0, 0.05) is 24.6 Å². The number of carbonyl (C=O) groups excluding carboxylic acids is 1. The average molecular weight is 353 g/mol. The molecule has 0 spiro atoms. The number of carbonyl (C=O) groups is 1. The molecule has 0 saturated carbocycles. The minimum atomic E-state index is -0.620. The number of ether oxygens (including phenoxy) is 1. The molecular weight excluding hydrogens is 333 g/mol. The van der Waals surface area contributed by atoms with E-state index in [1.165, 1.54) is 24.3 Å². The normalized spacial score (nSPS) is 11.8. The first kappa shape index (κ1) is 17.7. The standard InChI is InChI=1S/C20H20FN3O2/c1-2-19(26-18-9-5-16(21)6-10-18)20(25)23-13-15-3-7-17(8-4-15)24-12-11-22-14-24/h3-12,14,19H,2,13H2,1H3,(H,23,25)/t19-/m0/s1. The minimum absolute atomic E-state index is 0.199. The molecule has 1 amide bonds. The first-order valence-corrected chi connectivity index (χ1v) is 8.43. The van der Waals surface area contributed by atoms with Crippen LogP contribution < -0.4 is 10.1 Å². The van der Waals surface area contributed by atoms with Gasteiger partial charge in [-0.15, -0.1) is 0 Å². The van der Waals surface area contributed by atoms with E-state index in [1.54, 1.807) is 12.5 Å². The number of rotatable bonds is 7. The Labute approximate surface area is 151 Å². The van der Waals surface area contributed by atoms with Gasteiger partial charge in [-0.25, -0.2) is 9.37 Å². The molecule has 0 aliphatic heterocycles. The Morgan fingerprint density at radius 3 is 2.54 bits per heavy atom. The molecule has 0 radical (unpaired) electrons. The summed E-state index contributed by atoms with van der Waals surface area (Å²) in [6.07, 6.45) is 5.22. The molecule has 1 N–H and O–H groups in total. The number of nitrogens with one attached hydrogen (secondary N) is 1. The molecule has 5 nitrogen and oxygen atoms in total. The number of aromatic nitrogens is 2. The molecule has 0 saturated heterocycles. The maximum absolute atomic E-state index is 13.0.